The smallest absolute Gasteiger partial charge is 0.313 e. The van der Waals surface area contributed by atoms with Gasteiger partial charge >= 0.3 is 5.69 Å². The van der Waals surface area contributed by atoms with Gasteiger partial charge in [0.05, 0.1) is 4.92 Å². The lowest BCUT2D eigenvalue weighted by atomic mass is 10.1. The van der Waals surface area contributed by atoms with Crippen molar-refractivity contribution >= 4 is 28.9 Å². The molecular weight excluding hydrogens is 301 g/mol. The molecular formula is C14H11Cl2NO3. The zero-order chi connectivity index (χ0) is 14.7. The Morgan fingerprint density at radius 2 is 1.95 bits per heavy atom. The van der Waals surface area contributed by atoms with Gasteiger partial charge in [0, 0.05) is 17.0 Å². The molecule has 0 bridgehead atoms. The van der Waals surface area contributed by atoms with Crippen LogP contribution in [-0.2, 0) is 5.88 Å². The third-order valence-electron chi connectivity index (χ3n) is 2.74. The molecule has 6 heteroatoms. The number of alkyl halides is 1. The molecule has 20 heavy (non-hydrogen) atoms. The van der Waals surface area contributed by atoms with Gasteiger partial charge in [0.2, 0.25) is 5.75 Å². The van der Waals surface area contributed by atoms with Gasteiger partial charge in [-0.05, 0) is 36.2 Å². The van der Waals surface area contributed by atoms with Gasteiger partial charge in [0.1, 0.15) is 5.75 Å². The van der Waals surface area contributed by atoms with E-state index in [2.05, 4.69) is 0 Å². The molecule has 0 spiro atoms. The van der Waals surface area contributed by atoms with Gasteiger partial charge in [-0.15, -0.1) is 11.6 Å². The fourth-order valence-corrected chi connectivity index (χ4v) is 2.01. The molecule has 0 aliphatic carbocycles. The van der Waals surface area contributed by atoms with E-state index < -0.39 is 4.92 Å². The first-order chi connectivity index (χ1) is 9.51. The average molecular weight is 312 g/mol. The lowest BCUT2D eigenvalue weighted by molar-refractivity contribution is -0.385. The number of benzene rings is 2. The highest BCUT2D eigenvalue weighted by molar-refractivity contribution is 6.30. The molecule has 2 rings (SSSR count). The summed E-state index contributed by atoms with van der Waals surface area (Å²) in [5, 5.41) is 11.3. The number of hydrogen-bond donors (Lipinski definition) is 0. The SMILES string of the molecule is Cc1ccc(CCl)cc1Oc1ccc(Cl)cc1[N+](=O)[O-]. The van der Waals surface area contributed by atoms with Crippen molar-refractivity contribution in [2.24, 2.45) is 0 Å². The van der Waals surface area contributed by atoms with Crippen LogP contribution in [0, 0.1) is 17.0 Å². The van der Waals surface area contributed by atoms with Gasteiger partial charge in [0.25, 0.3) is 0 Å². The number of nitro benzene ring substituents is 1. The van der Waals surface area contributed by atoms with E-state index in [1.54, 1.807) is 12.1 Å². The van der Waals surface area contributed by atoms with E-state index in [4.69, 9.17) is 27.9 Å². The number of nitrogens with zero attached hydrogens (tertiary/aromatic N) is 1. The molecule has 0 aromatic heterocycles. The first-order valence-electron chi connectivity index (χ1n) is 5.78. The molecule has 0 heterocycles. The van der Waals surface area contributed by atoms with Gasteiger partial charge in [-0.3, -0.25) is 10.1 Å². The van der Waals surface area contributed by atoms with E-state index in [-0.39, 0.29) is 16.5 Å². The normalized spacial score (nSPS) is 10.3. The topological polar surface area (TPSA) is 52.4 Å². The molecule has 0 saturated carbocycles. The number of ether oxygens (including phenoxy) is 1. The van der Waals surface area contributed by atoms with Gasteiger partial charge < -0.3 is 4.74 Å². The van der Waals surface area contributed by atoms with Crippen LogP contribution < -0.4 is 4.74 Å². The van der Waals surface area contributed by atoms with Crippen molar-refractivity contribution in [3.05, 3.63) is 62.7 Å². The number of aryl methyl sites for hydroxylation is 1. The number of rotatable bonds is 4. The summed E-state index contributed by atoms with van der Waals surface area (Å²) in [6.07, 6.45) is 0. The Balaban J connectivity index is 2.42. The molecule has 0 amide bonds. The highest BCUT2D eigenvalue weighted by Crippen LogP contribution is 2.35. The Bertz CT molecular complexity index is 659. The van der Waals surface area contributed by atoms with E-state index >= 15 is 0 Å². The van der Waals surface area contributed by atoms with Crippen molar-refractivity contribution in [3.63, 3.8) is 0 Å². The van der Waals surface area contributed by atoms with Crippen LogP contribution in [0.4, 0.5) is 5.69 Å². The molecule has 0 saturated heterocycles. The highest BCUT2D eigenvalue weighted by Gasteiger charge is 2.17. The Kier molecular flexibility index (Phi) is 4.47. The van der Waals surface area contributed by atoms with Gasteiger partial charge in [0.15, 0.2) is 0 Å². The molecule has 0 N–H and O–H groups in total. The second-order valence-corrected chi connectivity index (χ2v) is 4.91. The van der Waals surface area contributed by atoms with Gasteiger partial charge in [-0.25, -0.2) is 0 Å². The quantitative estimate of drug-likeness (QED) is 0.449. The lowest BCUT2D eigenvalue weighted by Gasteiger charge is -2.10. The van der Waals surface area contributed by atoms with Crippen molar-refractivity contribution in [2.75, 3.05) is 0 Å². The summed E-state index contributed by atoms with van der Waals surface area (Å²) in [4.78, 5) is 10.5. The second kappa shape index (κ2) is 6.11. The van der Waals surface area contributed by atoms with Crippen LogP contribution in [0.2, 0.25) is 5.02 Å². The first-order valence-corrected chi connectivity index (χ1v) is 6.70. The minimum absolute atomic E-state index is 0.147. The number of nitro groups is 1. The highest BCUT2D eigenvalue weighted by atomic mass is 35.5. The Morgan fingerprint density at radius 1 is 1.20 bits per heavy atom. The van der Waals surface area contributed by atoms with E-state index in [0.717, 1.165) is 11.1 Å². The number of hydrogen-bond acceptors (Lipinski definition) is 3. The van der Waals surface area contributed by atoms with Crippen LogP contribution in [0.1, 0.15) is 11.1 Å². The fourth-order valence-electron chi connectivity index (χ4n) is 1.68. The van der Waals surface area contributed by atoms with Crippen molar-refractivity contribution in [1.29, 1.82) is 0 Å². The van der Waals surface area contributed by atoms with Crippen molar-refractivity contribution in [1.82, 2.24) is 0 Å². The van der Waals surface area contributed by atoms with Crippen molar-refractivity contribution in [2.45, 2.75) is 12.8 Å². The third kappa shape index (κ3) is 3.21. The fraction of sp³-hybridized carbons (Fsp3) is 0.143. The molecule has 4 nitrogen and oxygen atoms in total. The Hall–Kier alpha value is -1.78. The molecule has 2 aromatic rings. The summed E-state index contributed by atoms with van der Waals surface area (Å²) in [6.45, 7) is 1.86. The third-order valence-corrected chi connectivity index (χ3v) is 3.29. The standard InChI is InChI=1S/C14H11Cl2NO3/c1-9-2-3-10(8-15)6-14(9)20-13-5-4-11(16)7-12(13)17(18)19/h2-7H,8H2,1H3. The Morgan fingerprint density at radius 3 is 2.60 bits per heavy atom. The summed E-state index contributed by atoms with van der Waals surface area (Å²) < 4.78 is 5.64. The van der Waals surface area contributed by atoms with Crippen LogP contribution in [0.15, 0.2) is 36.4 Å². The monoisotopic (exact) mass is 311 g/mol. The summed E-state index contributed by atoms with van der Waals surface area (Å²) in [7, 11) is 0. The summed E-state index contributed by atoms with van der Waals surface area (Å²) in [5.74, 6) is 1.03. The molecule has 2 aromatic carbocycles. The predicted octanol–water partition coefficient (Wildman–Crippen LogP) is 5.09. The van der Waals surface area contributed by atoms with E-state index in [0.29, 0.717) is 11.6 Å². The minimum atomic E-state index is -0.526. The molecule has 0 fully saturated rings. The van der Waals surface area contributed by atoms with Crippen LogP contribution >= 0.6 is 23.2 Å². The molecule has 0 aliphatic heterocycles. The van der Waals surface area contributed by atoms with Crippen LogP contribution in [0.3, 0.4) is 0 Å². The molecule has 0 radical (unpaired) electrons. The maximum absolute atomic E-state index is 11.0. The van der Waals surface area contributed by atoms with Crippen LogP contribution in [0.5, 0.6) is 11.5 Å². The molecule has 0 unspecified atom stereocenters. The van der Waals surface area contributed by atoms with Crippen molar-refractivity contribution < 1.29 is 9.66 Å². The predicted molar refractivity (Wildman–Crippen MR) is 78.9 cm³/mol. The maximum atomic E-state index is 11.0. The van der Waals surface area contributed by atoms with Crippen molar-refractivity contribution in [3.8, 4) is 11.5 Å². The molecule has 0 aliphatic rings. The Labute approximate surface area is 126 Å². The largest absolute Gasteiger partial charge is 0.450 e. The van der Waals surface area contributed by atoms with E-state index in [1.165, 1.54) is 12.1 Å². The number of halogens is 2. The van der Waals surface area contributed by atoms with E-state index in [9.17, 15) is 10.1 Å². The minimum Gasteiger partial charge on any atom is -0.450 e. The molecule has 0 atom stereocenters. The second-order valence-electron chi connectivity index (χ2n) is 4.20. The van der Waals surface area contributed by atoms with Gasteiger partial charge in [-0.2, -0.15) is 0 Å². The first kappa shape index (κ1) is 14.6. The maximum Gasteiger partial charge on any atom is 0.313 e. The lowest BCUT2D eigenvalue weighted by Crippen LogP contribution is -1.95. The van der Waals surface area contributed by atoms with E-state index in [1.807, 2.05) is 19.1 Å². The average Bonchev–Trinajstić information content (AvgIpc) is 2.42. The summed E-state index contributed by atoms with van der Waals surface area (Å²) in [6, 6.07) is 9.79. The van der Waals surface area contributed by atoms with Gasteiger partial charge in [-0.1, -0.05) is 23.7 Å². The zero-order valence-electron chi connectivity index (χ0n) is 10.6. The van der Waals surface area contributed by atoms with Crippen LogP contribution in [-0.4, -0.2) is 4.92 Å². The molecule has 104 valence electrons. The zero-order valence-corrected chi connectivity index (χ0v) is 12.1. The summed E-state index contributed by atoms with van der Waals surface area (Å²) >= 11 is 11.5. The van der Waals surface area contributed by atoms with Crippen LogP contribution in [0.25, 0.3) is 0 Å². The summed E-state index contributed by atoms with van der Waals surface area (Å²) in [5.41, 5.74) is 1.57.